The van der Waals surface area contributed by atoms with Gasteiger partial charge in [-0.25, -0.2) is 4.39 Å². The standard InChI is InChI=1S/C18H10ClFOS/c19-10-5-6-13(20)12(9-10)17-14(21)7-8-16-18(17)11-3-1-2-4-15(11)22-16/h1-9,21H. The third-order valence-corrected chi connectivity index (χ3v) is 5.09. The SMILES string of the molecule is Oc1ccc2sc3ccccc3c2c1-c1cc(Cl)ccc1F. The minimum Gasteiger partial charge on any atom is -0.507 e. The lowest BCUT2D eigenvalue weighted by atomic mass is 9.98. The van der Waals surface area contributed by atoms with E-state index in [2.05, 4.69) is 0 Å². The van der Waals surface area contributed by atoms with Crippen LogP contribution in [0.2, 0.25) is 5.02 Å². The molecule has 0 aliphatic heterocycles. The van der Waals surface area contributed by atoms with Crippen LogP contribution < -0.4 is 0 Å². The normalized spacial score (nSPS) is 11.4. The molecule has 0 aliphatic rings. The molecule has 1 aromatic heterocycles. The number of fused-ring (bicyclic) bond motifs is 3. The first-order valence-corrected chi connectivity index (χ1v) is 7.93. The van der Waals surface area contributed by atoms with Gasteiger partial charge in [0.2, 0.25) is 0 Å². The van der Waals surface area contributed by atoms with Crippen molar-refractivity contribution in [1.82, 2.24) is 0 Å². The van der Waals surface area contributed by atoms with E-state index >= 15 is 0 Å². The van der Waals surface area contributed by atoms with Gasteiger partial charge in [-0.3, -0.25) is 0 Å². The Balaban J connectivity index is 2.21. The van der Waals surface area contributed by atoms with Crippen LogP contribution in [-0.2, 0) is 0 Å². The van der Waals surface area contributed by atoms with Gasteiger partial charge in [0.05, 0.1) is 0 Å². The minimum absolute atomic E-state index is 0.0530. The molecule has 0 bridgehead atoms. The van der Waals surface area contributed by atoms with E-state index in [9.17, 15) is 9.50 Å². The van der Waals surface area contributed by atoms with Crippen LogP contribution in [0.25, 0.3) is 31.3 Å². The average Bonchev–Trinajstić information content (AvgIpc) is 2.89. The summed E-state index contributed by atoms with van der Waals surface area (Å²) in [5, 5.41) is 12.7. The van der Waals surface area contributed by atoms with Crippen LogP contribution in [0.1, 0.15) is 0 Å². The Kier molecular flexibility index (Phi) is 3.06. The monoisotopic (exact) mass is 328 g/mol. The van der Waals surface area contributed by atoms with Crippen LogP contribution in [0.4, 0.5) is 4.39 Å². The molecule has 108 valence electrons. The highest BCUT2D eigenvalue weighted by atomic mass is 35.5. The second kappa shape index (κ2) is 4.97. The van der Waals surface area contributed by atoms with Gasteiger partial charge < -0.3 is 5.11 Å². The van der Waals surface area contributed by atoms with Gasteiger partial charge >= 0.3 is 0 Å². The minimum atomic E-state index is -0.400. The highest BCUT2D eigenvalue weighted by Gasteiger charge is 2.17. The van der Waals surface area contributed by atoms with Crippen molar-refractivity contribution in [3.8, 4) is 16.9 Å². The van der Waals surface area contributed by atoms with Crippen molar-refractivity contribution in [3.63, 3.8) is 0 Å². The number of benzene rings is 3. The van der Waals surface area contributed by atoms with E-state index in [0.717, 1.165) is 20.2 Å². The molecule has 0 fully saturated rings. The van der Waals surface area contributed by atoms with Crippen LogP contribution in [0.15, 0.2) is 54.6 Å². The zero-order valence-corrected chi connectivity index (χ0v) is 12.9. The lowest BCUT2D eigenvalue weighted by Gasteiger charge is -2.09. The number of halogens is 2. The van der Waals surface area contributed by atoms with Gasteiger partial charge in [-0.15, -0.1) is 11.3 Å². The Morgan fingerprint density at radius 1 is 0.955 bits per heavy atom. The number of hydrogen-bond acceptors (Lipinski definition) is 2. The molecule has 22 heavy (non-hydrogen) atoms. The van der Waals surface area contributed by atoms with Gasteiger partial charge in [0, 0.05) is 36.3 Å². The smallest absolute Gasteiger partial charge is 0.131 e. The molecule has 1 N–H and O–H groups in total. The Hall–Kier alpha value is -2.10. The quantitative estimate of drug-likeness (QED) is 0.440. The van der Waals surface area contributed by atoms with Crippen LogP contribution >= 0.6 is 22.9 Å². The second-order valence-electron chi connectivity index (χ2n) is 5.06. The molecule has 1 nitrogen and oxygen atoms in total. The van der Waals surface area contributed by atoms with Crippen LogP contribution in [0.3, 0.4) is 0 Å². The molecule has 0 saturated carbocycles. The molecule has 4 aromatic rings. The lowest BCUT2D eigenvalue weighted by Crippen LogP contribution is -1.86. The second-order valence-corrected chi connectivity index (χ2v) is 6.58. The van der Waals surface area contributed by atoms with Gasteiger partial charge in [0.25, 0.3) is 0 Å². The largest absolute Gasteiger partial charge is 0.507 e. The van der Waals surface area contributed by atoms with Crippen LogP contribution in [-0.4, -0.2) is 5.11 Å². The van der Waals surface area contributed by atoms with Gasteiger partial charge in [0.1, 0.15) is 11.6 Å². The Morgan fingerprint density at radius 2 is 1.77 bits per heavy atom. The summed E-state index contributed by atoms with van der Waals surface area (Å²) in [7, 11) is 0. The highest BCUT2D eigenvalue weighted by molar-refractivity contribution is 7.25. The van der Waals surface area contributed by atoms with Gasteiger partial charge in [-0.2, -0.15) is 0 Å². The molecular formula is C18H10ClFOS. The van der Waals surface area contributed by atoms with Gasteiger partial charge in [0.15, 0.2) is 0 Å². The fourth-order valence-corrected chi connectivity index (χ4v) is 4.05. The third kappa shape index (κ3) is 1.97. The fraction of sp³-hybridized carbons (Fsp3) is 0. The van der Waals surface area contributed by atoms with Crippen LogP contribution in [0, 0.1) is 5.82 Å². The van der Waals surface area contributed by atoms with Crippen molar-refractivity contribution in [1.29, 1.82) is 0 Å². The Labute approximate surface area is 135 Å². The topological polar surface area (TPSA) is 20.2 Å². The van der Waals surface area contributed by atoms with E-state index in [0.29, 0.717) is 16.1 Å². The van der Waals surface area contributed by atoms with E-state index in [1.807, 2.05) is 30.3 Å². The third-order valence-electron chi connectivity index (χ3n) is 3.72. The summed E-state index contributed by atoms with van der Waals surface area (Å²) in [5.41, 5.74) is 0.814. The Morgan fingerprint density at radius 3 is 2.64 bits per heavy atom. The molecule has 0 amide bonds. The summed E-state index contributed by atoms with van der Waals surface area (Å²) < 4.78 is 16.4. The zero-order chi connectivity index (χ0) is 15.3. The number of hydrogen-bond donors (Lipinski definition) is 1. The summed E-state index contributed by atoms with van der Waals surface area (Å²) in [4.78, 5) is 0. The molecule has 0 spiro atoms. The maximum absolute atomic E-state index is 14.3. The molecule has 0 aliphatic carbocycles. The first-order chi connectivity index (χ1) is 10.6. The number of thiophene rings is 1. The number of rotatable bonds is 1. The fourth-order valence-electron chi connectivity index (χ4n) is 2.77. The number of aromatic hydroxyl groups is 1. The van der Waals surface area contributed by atoms with Crippen molar-refractivity contribution in [2.45, 2.75) is 0 Å². The molecule has 4 heteroatoms. The molecule has 3 aromatic carbocycles. The molecule has 1 heterocycles. The van der Waals surface area contributed by atoms with E-state index in [1.165, 1.54) is 12.1 Å². The first kappa shape index (κ1) is 13.6. The summed E-state index contributed by atoms with van der Waals surface area (Å²) >= 11 is 7.64. The van der Waals surface area contributed by atoms with E-state index in [-0.39, 0.29) is 5.75 Å². The summed E-state index contributed by atoms with van der Waals surface area (Å²) in [5.74, 6) is -0.347. The highest BCUT2D eigenvalue weighted by Crippen LogP contribution is 2.45. The molecule has 0 unspecified atom stereocenters. The van der Waals surface area contributed by atoms with Crippen molar-refractivity contribution in [3.05, 3.63) is 65.4 Å². The van der Waals surface area contributed by atoms with Crippen molar-refractivity contribution in [2.75, 3.05) is 0 Å². The lowest BCUT2D eigenvalue weighted by molar-refractivity contribution is 0.477. The van der Waals surface area contributed by atoms with E-state index in [1.54, 1.807) is 23.5 Å². The molecule has 4 rings (SSSR count). The average molecular weight is 329 g/mol. The summed E-state index contributed by atoms with van der Waals surface area (Å²) in [6, 6.07) is 15.8. The molecular weight excluding hydrogens is 319 g/mol. The first-order valence-electron chi connectivity index (χ1n) is 6.74. The predicted molar refractivity (Wildman–Crippen MR) is 91.4 cm³/mol. The van der Waals surface area contributed by atoms with Crippen molar-refractivity contribution < 1.29 is 9.50 Å². The summed E-state index contributed by atoms with van der Waals surface area (Å²) in [6.45, 7) is 0. The Bertz CT molecular complexity index is 1020. The van der Waals surface area contributed by atoms with E-state index < -0.39 is 5.82 Å². The number of phenols is 1. The number of phenolic OH excluding ortho intramolecular Hbond substituents is 1. The van der Waals surface area contributed by atoms with Crippen molar-refractivity contribution >= 4 is 43.1 Å². The maximum Gasteiger partial charge on any atom is 0.131 e. The maximum atomic E-state index is 14.3. The molecule has 0 atom stereocenters. The van der Waals surface area contributed by atoms with Crippen LogP contribution in [0.5, 0.6) is 5.75 Å². The molecule has 0 radical (unpaired) electrons. The zero-order valence-electron chi connectivity index (χ0n) is 11.3. The van der Waals surface area contributed by atoms with Gasteiger partial charge in [-0.05, 0) is 36.4 Å². The predicted octanol–water partition coefficient (Wildman–Crippen LogP) is 6.22. The van der Waals surface area contributed by atoms with Crippen molar-refractivity contribution in [2.24, 2.45) is 0 Å². The van der Waals surface area contributed by atoms with Gasteiger partial charge in [-0.1, -0.05) is 29.8 Å². The van der Waals surface area contributed by atoms with E-state index in [4.69, 9.17) is 11.6 Å². The molecule has 0 saturated heterocycles. The summed E-state index contributed by atoms with van der Waals surface area (Å²) in [6.07, 6.45) is 0.